The van der Waals surface area contributed by atoms with Gasteiger partial charge in [0.1, 0.15) is 11.2 Å². The molecule has 0 N–H and O–H groups in total. The second-order valence-electron chi connectivity index (χ2n) is 3.05. The lowest BCUT2D eigenvalue weighted by Gasteiger charge is -2.23. The molecule has 0 fully saturated rings. The highest BCUT2D eigenvalue weighted by molar-refractivity contribution is 9.09. The van der Waals surface area contributed by atoms with Crippen molar-refractivity contribution in [1.82, 2.24) is 0 Å². The summed E-state index contributed by atoms with van der Waals surface area (Å²) in [7, 11) is -3.48. The van der Waals surface area contributed by atoms with E-state index in [0.29, 0.717) is 12.2 Å². The van der Waals surface area contributed by atoms with Crippen molar-refractivity contribution in [2.75, 3.05) is 16.8 Å². The van der Waals surface area contributed by atoms with Gasteiger partial charge < -0.3 is 4.90 Å². The van der Waals surface area contributed by atoms with Crippen LogP contribution in [0.25, 0.3) is 0 Å². The molecule has 1 aromatic rings. The van der Waals surface area contributed by atoms with Crippen LogP contribution in [0.3, 0.4) is 0 Å². The highest BCUT2D eigenvalue weighted by Gasteiger charge is 2.23. The molecule has 0 aliphatic carbocycles. The minimum Gasteiger partial charge on any atom is -0.330 e. The van der Waals surface area contributed by atoms with Crippen LogP contribution in [-0.2, 0) is 10.0 Å². The van der Waals surface area contributed by atoms with Crippen molar-refractivity contribution < 1.29 is 8.42 Å². The predicted molar refractivity (Wildman–Crippen MR) is 63.3 cm³/mol. The van der Waals surface area contributed by atoms with E-state index in [9.17, 15) is 8.42 Å². The van der Waals surface area contributed by atoms with Crippen molar-refractivity contribution in [3.05, 3.63) is 24.3 Å². The van der Waals surface area contributed by atoms with Gasteiger partial charge in [0.2, 0.25) is 0 Å². The molecule has 0 amide bonds. The number of hydrogen-bond donors (Lipinski definition) is 0. The maximum Gasteiger partial charge on any atom is 0.285 e. The van der Waals surface area contributed by atoms with E-state index in [1.54, 1.807) is 18.2 Å². The van der Waals surface area contributed by atoms with Gasteiger partial charge in [-0.2, -0.15) is 8.42 Å². The Morgan fingerprint density at radius 3 is 2.80 bits per heavy atom. The van der Waals surface area contributed by atoms with Crippen molar-refractivity contribution in [2.24, 2.45) is 4.40 Å². The second kappa shape index (κ2) is 3.94. The van der Waals surface area contributed by atoms with Crippen molar-refractivity contribution in [3.63, 3.8) is 0 Å². The molecule has 1 heterocycles. The van der Waals surface area contributed by atoms with E-state index in [1.165, 1.54) is 6.34 Å². The highest BCUT2D eigenvalue weighted by atomic mass is 79.9. The predicted octanol–water partition coefficient (Wildman–Crippen LogP) is 1.62. The van der Waals surface area contributed by atoms with E-state index >= 15 is 0 Å². The smallest absolute Gasteiger partial charge is 0.285 e. The molecule has 1 aromatic carbocycles. The zero-order valence-electron chi connectivity index (χ0n) is 7.80. The Kier molecular flexibility index (Phi) is 2.79. The van der Waals surface area contributed by atoms with E-state index in [-0.39, 0.29) is 4.90 Å². The van der Waals surface area contributed by atoms with Crippen molar-refractivity contribution >= 4 is 38.0 Å². The fourth-order valence-corrected chi connectivity index (χ4v) is 2.85. The number of fused-ring (bicyclic) bond motifs is 1. The molecule has 0 saturated carbocycles. The fraction of sp³-hybridized carbons (Fsp3) is 0.222. The molecular weight excluding hydrogens is 280 g/mol. The second-order valence-corrected chi connectivity index (χ2v) is 5.44. The molecule has 0 aromatic heterocycles. The Hall–Kier alpha value is -0.880. The molecule has 1 aliphatic heterocycles. The van der Waals surface area contributed by atoms with E-state index in [4.69, 9.17) is 0 Å². The summed E-state index contributed by atoms with van der Waals surface area (Å²) in [5.41, 5.74) is 0.687. The Bertz CT molecular complexity index is 499. The summed E-state index contributed by atoms with van der Waals surface area (Å²) in [6, 6.07) is 6.86. The first-order chi connectivity index (χ1) is 7.15. The number of anilines is 1. The van der Waals surface area contributed by atoms with Crippen LogP contribution < -0.4 is 4.90 Å². The third kappa shape index (κ3) is 1.91. The van der Waals surface area contributed by atoms with E-state index in [1.807, 2.05) is 11.0 Å². The summed E-state index contributed by atoms with van der Waals surface area (Å²) in [6.45, 7) is 0.691. The van der Waals surface area contributed by atoms with Crippen LogP contribution in [0.15, 0.2) is 33.6 Å². The number of nitrogens with zero attached hydrogens (tertiary/aromatic N) is 2. The van der Waals surface area contributed by atoms with Gasteiger partial charge in [0.05, 0.1) is 5.69 Å². The number of benzene rings is 1. The average Bonchev–Trinajstić information content (AvgIpc) is 2.23. The number of halogens is 1. The van der Waals surface area contributed by atoms with Crippen LogP contribution >= 0.6 is 15.9 Å². The van der Waals surface area contributed by atoms with Gasteiger partial charge in [0, 0.05) is 11.9 Å². The van der Waals surface area contributed by atoms with Crippen LogP contribution in [-0.4, -0.2) is 26.6 Å². The van der Waals surface area contributed by atoms with Crippen molar-refractivity contribution in [1.29, 1.82) is 0 Å². The van der Waals surface area contributed by atoms with Gasteiger partial charge in [-0.05, 0) is 12.1 Å². The van der Waals surface area contributed by atoms with Gasteiger partial charge in [-0.15, -0.1) is 4.40 Å². The molecule has 0 spiro atoms. The normalized spacial score (nSPS) is 17.5. The zero-order valence-corrected chi connectivity index (χ0v) is 10.2. The molecule has 0 unspecified atom stereocenters. The summed E-state index contributed by atoms with van der Waals surface area (Å²) in [5, 5.41) is 0.757. The zero-order chi connectivity index (χ0) is 10.9. The summed E-state index contributed by atoms with van der Waals surface area (Å²) < 4.78 is 26.7. The van der Waals surface area contributed by atoms with Crippen LogP contribution in [0.4, 0.5) is 5.69 Å². The molecule has 1 aliphatic rings. The highest BCUT2D eigenvalue weighted by Crippen LogP contribution is 2.28. The van der Waals surface area contributed by atoms with E-state index in [2.05, 4.69) is 20.3 Å². The maximum absolute atomic E-state index is 11.6. The molecule has 15 heavy (non-hydrogen) atoms. The largest absolute Gasteiger partial charge is 0.330 e. The molecule has 2 rings (SSSR count). The summed E-state index contributed by atoms with van der Waals surface area (Å²) in [5.74, 6) is 0. The van der Waals surface area contributed by atoms with Gasteiger partial charge >= 0.3 is 0 Å². The van der Waals surface area contributed by atoms with Crippen LogP contribution in [0.1, 0.15) is 0 Å². The number of rotatable bonds is 2. The maximum atomic E-state index is 11.6. The number of alkyl halides is 1. The van der Waals surface area contributed by atoms with Crippen molar-refractivity contribution in [3.8, 4) is 0 Å². The fourth-order valence-electron chi connectivity index (χ4n) is 1.42. The average molecular weight is 289 g/mol. The molecule has 80 valence electrons. The van der Waals surface area contributed by atoms with Crippen molar-refractivity contribution in [2.45, 2.75) is 4.90 Å². The van der Waals surface area contributed by atoms with Gasteiger partial charge in [-0.3, -0.25) is 0 Å². The molecule has 0 saturated heterocycles. The third-order valence-electron chi connectivity index (χ3n) is 2.10. The lowest BCUT2D eigenvalue weighted by atomic mass is 10.3. The Morgan fingerprint density at radius 1 is 1.33 bits per heavy atom. The molecule has 0 atom stereocenters. The Morgan fingerprint density at radius 2 is 2.07 bits per heavy atom. The first-order valence-electron chi connectivity index (χ1n) is 4.37. The molecule has 0 radical (unpaired) electrons. The lowest BCUT2D eigenvalue weighted by Crippen LogP contribution is -2.28. The minimum absolute atomic E-state index is 0.272. The van der Waals surface area contributed by atoms with Crippen LogP contribution in [0.5, 0.6) is 0 Å². The summed E-state index contributed by atoms with van der Waals surface area (Å²) >= 11 is 3.31. The summed E-state index contributed by atoms with van der Waals surface area (Å²) in [4.78, 5) is 2.08. The molecule has 0 bridgehead atoms. The van der Waals surface area contributed by atoms with Gasteiger partial charge in [0.25, 0.3) is 10.0 Å². The number of sulfonamides is 1. The first kappa shape index (κ1) is 10.6. The van der Waals surface area contributed by atoms with E-state index in [0.717, 1.165) is 5.33 Å². The number of hydrogen-bond acceptors (Lipinski definition) is 3. The molecule has 6 heteroatoms. The quantitative estimate of drug-likeness (QED) is 0.777. The van der Waals surface area contributed by atoms with Gasteiger partial charge in [-0.25, -0.2) is 0 Å². The van der Waals surface area contributed by atoms with Crippen LogP contribution in [0, 0.1) is 0 Å². The van der Waals surface area contributed by atoms with E-state index < -0.39 is 10.0 Å². The topological polar surface area (TPSA) is 49.7 Å². The summed E-state index contributed by atoms with van der Waals surface area (Å²) in [6.07, 6.45) is 1.36. The van der Waals surface area contributed by atoms with Gasteiger partial charge in [0.15, 0.2) is 0 Å². The third-order valence-corrected chi connectivity index (χ3v) is 3.73. The van der Waals surface area contributed by atoms with Gasteiger partial charge in [-0.1, -0.05) is 28.1 Å². The SMILES string of the molecule is O=S1(=O)N=CN(CCBr)c2ccccc21. The molecular formula is C9H9BrN2O2S. The molecule has 4 nitrogen and oxygen atoms in total. The Balaban J connectivity index is 2.55. The monoisotopic (exact) mass is 288 g/mol. The Labute approximate surface area is 96.8 Å². The first-order valence-corrected chi connectivity index (χ1v) is 6.93. The standard InChI is InChI=1S/C9H9BrN2O2S/c10-5-6-12-7-11-15(13,14)9-4-2-1-3-8(9)12/h1-4,7H,5-6H2. The van der Waals surface area contributed by atoms with Crippen LogP contribution in [0.2, 0.25) is 0 Å². The minimum atomic E-state index is -3.48. The lowest BCUT2D eigenvalue weighted by molar-refractivity contribution is 0.597. The number of para-hydroxylation sites is 1.